The first-order valence-electron chi connectivity index (χ1n) is 11.2. The Balaban J connectivity index is 2.05. The van der Waals surface area contributed by atoms with E-state index in [2.05, 4.69) is 4.84 Å². The zero-order valence-corrected chi connectivity index (χ0v) is 21.0. The largest absolute Gasteiger partial charge is 0.497 e. The number of rotatable bonds is 12. The standard InChI is InChI=1S/C25H28N2O8S/c1-17-23(22(25(28)29)6-4-5-15-35-27(30)31)16-24(18-7-13-21(14-8-18)36(3,32)33)26(17)19-9-11-20(34-2)12-10-19/h7-14,16,22H,4-6,15H2,1-3H3,(H,28,29). The van der Waals surface area contributed by atoms with Crippen molar-refractivity contribution in [2.24, 2.45) is 0 Å². The normalized spacial score (nSPS) is 12.2. The molecule has 36 heavy (non-hydrogen) atoms. The van der Waals surface area contributed by atoms with Gasteiger partial charge in [-0.1, -0.05) is 18.6 Å². The maximum atomic E-state index is 12.2. The Labute approximate surface area is 209 Å². The van der Waals surface area contributed by atoms with Gasteiger partial charge in [-0.25, -0.2) is 8.42 Å². The maximum Gasteiger partial charge on any atom is 0.311 e. The van der Waals surface area contributed by atoms with Crippen LogP contribution in [0.2, 0.25) is 0 Å². The molecule has 0 radical (unpaired) electrons. The van der Waals surface area contributed by atoms with Crippen LogP contribution in [-0.4, -0.2) is 49.1 Å². The van der Waals surface area contributed by atoms with E-state index >= 15 is 0 Å². The fourth-order valence-corrected chi connectivity index (χ4v) is 4.76. The minimum atomic E-state index is -3.37. The first-order valence-corrected chi connectivity index (χ1v) is 13.1. The number of carboxylic acid groups (broad SMARTS) is 1. The van der Waals surface area contributed by atoms with E-state index in [0.717, 1.165) is 23.2 Å². The third-order valence-electron chi connectivity index (χ3n) is 5.95. The molecule has 0 spiro atoms. The number of aliphatic carboxylic acids is 1. The summed E-state index contributed by atoms with van der Waals surface area (Å²) in [6.07, 6.45) is 2.19. The summed E-state index contributed by atoms with van der Waals surface area (Å²) in [5.41, 5.74) is 3.53. The SMILES string of the molecule is COc1ccc(-n2c(-c3ccc(S(C)(=O)=O)cc3)cc(C(CCCCO[N+](=O)[O-])C(=O)O)c2C)cc1. The Hall–Kier alpha value is -3.86. The minimum Gasteiger partial charge on any atom is -0.497 e. The van der Waals surface area contributed by atoms with Gasteiger partial charge in [-0.3, -0.25) is 4.79 Å². The highest BCUT2D eigenvalue weighted by atomic mass is 32.2. The van der Waals surface area contributed by atoms with Gasteiger partial charge < -0.3 is 19.2 Å². The Morgan fingerprint density at radius 3 is 2.28 bits per heavy atom. The summed E-state index contributed by atoms with van der Waals surface area (Å²) >= 11 is 0. The summed E-state index contributed by atoms with van der Waals surface area (Å²) in [7, 11) is -1.80. The highest BCUT2D eigenvalue weighted by Crippen LogP contribution is 2.36. The van der Waals surface area contributed by atoms with Crippen molar-refractivity contribution in [3.05, 3.63) is 76.0 Å². The molecular weight excluding hydrogens is 488 g/mol. The quantitative estimate of drug-likeness (QED) is 0.212. The van der Waals surface area contributed by atoms with Gasteiger partial charge in [-0.2, -0.15) is 0 Å². The lowest BCUT2D eigenvalue weighted by molar-refractivity contribution is -0.757. The molecule has 0 amide bonds. The van der Waals surface area contributed by atoms with E-state index in [1.807, 2.05) is 23.6 Å². The zero-order chi connectivity index (χ0) is 26.5. The number of nitrogens with zero attached hydrogens (tertiary/aromatic N) is 2. The second-order valence-corrected chi connectivity index (χ2v) is 10.4. The van der Waals surface area contributed by atoms with Gasteiger partial charge in [0, 0.05) is 17.6 Å². The third kappa shape index (κ3) is 6.22. The Kier molecular flexibility index (Phi) is 8.36. The predicted octanol–water partition coefficient (Wildman–Crippen LogP) is 4.41. The maximum absolute atomic E-state index is 12.2. The molecule has 10 nitrogen and oxygen atoms in total. The number of benzene rings is 2. The van der Waals surface area contributed by atoms with Crippen LogP contribution in [0.3, 0.4) is 0 Å². The Morgan fingerprint density at radius 1 is 1.11 bits per heavy atom. The van der Waals surface area contributed by atoms with E-state index < -0.39 is 26.8 Å². The summed E-state index contributed by atoms with van der Waals surface area (Å²) in [6.45, 7) is 1.74. The predicted molar refractivity (Wildman–Crippen MR) is 133 cm³/mol. The van der Waals surface area contributed by atoms with Crippen LogP contribution in [0.4, 0.5) is 0 Å². The summed E-state index contributed by atoms with van der Waals surface area (Å²) in [4.78, 5) is 27.1. The summed E-state index contributed by atoms with van der Waals surface area (Å²) < 4.78 is 31.0. The van der Waals surface area contributed by atoms with E-state index in [1.165, 1.54) is 12.1 Å². The van der Waals surface area contributed by atoms with Gasteiger partial charge in [0.05, 0.1) is 30.2 Å². The molecule has 1 aromatic heterocycles. The molecule has 1 N–H and O–H groups in total. The molecule has 3 aromatic rings. The van der Waals surface area contributed by atoms with Crippen LogP contribution in [0.25, 0.3) is 16.9 Å². The number of carboxylic acids is 1. The summed E-state index contributed by atoms with van der Waals surface area (Å²) in [5, 5.41) is 19.5. The van der Waals surface area contributed by atoms with Crippen LogP contribution in [0.5, 0.6) is 5.75 Å². The van der Waals surface area contributed by atoms with Gasteiger partial charge in [-0.05, 0) is 73.4 Å². The van der Waals surface area contributed by atoms with Crippen LogP contribution >= 0.6 is 0 Å². The second-order valence-electron chi connectivity index (χ2n) is 8.34. The van der Waals surface area contributed by atoms with Crippen LogP contribution in [0.15, 0.2) is 59.5 Å². The smallest absolute Gasteiger partial charge is 0.311 e. The molecule has 0 bridgehead atoms. The topological polar surface area (TPSA) is 138 Å². The summed E-state index contributed by atoms with van der Waals surface area (Å²) in [5.74, 6) is -1.17. The number of hydrogen-bond acceptors (Lipinski definition) is 7. The van der Waals surface area contributed by atoms with Crippen molar-refractivity contribution >= 4 is 15.8 Å². The fourth-order valence-electron chi connectivity index (χ4n) is 4.13. The number of methoxy groups -OCH3 is 1. The Morgan fingerprint density at radius 2 is 1.75 bits per heavy atom. The van der Waals surface area contributed by atoms with E-state index in [9.17, 15) is 28.4 Å². The summed E-state index contributed by atoms with van der Waals surface area (Å²) in [6, 6.07) is 15.6. The van der Waals surface area contributed by atoms with Gasteiger partial charge in [0.2, 0.25) is 0 Å². The van der Waals surface area contributed by atoms with Gasteiger partial charge in [0.1, 0.15) is 5.75 Å². The fraction of sp³-hybridized carbons (Fsp3) is 0.320. The molecule has 0 saturated carbocycles. The Bertz CT molecular complexity index is 1330. The average molecular weight is 517 g/mol. The van der Waals surface area contributed by atoms with Crippen LogP contribution in [0.1, 0.15) is 36.4 Å². The molecule has 11 heteroatoms. The van der Waals surface area contributed by atoms with Crippen molar-refractivity contribution in [2.45, 2.75) is 37.0 Å². The van der Waals surface area contributed by atoms with E-state index in [-0.39, 0.29) is 17.9 Å². The van der Waals surface area contributed by atoms with Gasteiger partial charge >= 0.3 is 5.97 Å². The minimum absolute atomic E-state index is 0.0941. The average Bonchev–Trinajstić information content (AvgIpc) is 3.17. The number of ether oxygens (including phenoxy) is 1. The van der Waals surface area contributed by atoms with Gasteiger partial charge in [-0.15, -0.1) is 10.1 Å². The van der Waals surface area contributed by atoms with Crippen molar-refractivity contribution in [1.82, 2.24) is 4.57 Å². The number of unbranched alkanes of at least 4 members (excludes halogenated alkanes) is 1. The van der Waals surface area contributed by atoms with Crippen molar-refractivity contribution in [2.75, 3.05) is 20.0 Å². The lowest BCUT2D eigenvalue weighted by atomic mass is 9.93. The third-order valence-corrected chi connectivity index (χ3v) is 7.08. The molecule has 2 aromatic carbocycles. The van der Waals surface area contributed by atoms with Gasteiger partial charge in [0.15, 0.2) is 9.84 Å². The van der Waals surface area contributed by atoms with Crippen molar-refractivity contribution < 1.29 is 33.0 Å². The molecule has 192 valence electrons. The van der Waals surface area contributed by atoms with E-state index in [0.29, 0.717) is 29.8 Å². The highest BCUT2D eigenvalue weighted by molar-refractivity contribution is 7.90. The van der Waals surface area contributed by atoms with Crippen molar-refractivity contribution in [3.8, 4) is 22.7 Å². The molecular formula is C25H28N2O8S. The van der Waals surface area contributed by atoms with E-state index in [4.69, 9.17) is 4.74 Å². The number of hydrogen-bond donors (Lipinski definition) is 1. The molecule has 1 atom stereocenters. The van der Waals surface area contributed by atoms with Crippen LogP contribution in [-0.2, 0) is 19.5 Å². The molecule has 1 unspecified atom stereocenters. The molecule has 0 saturated heterocycles. The zero-order valence-electron chi connectivity index (χ0n) is 20.2. The first kappa shape index (κ1) is 26.7. The van der Waals surface area contributed by atoms with Gasteiger partial charge in [0.25, 0.3) is 5.09 Å². The van der Waals surface area contributed by atoms with Crippen molar-refractivity contribution in [1.29, 1.82) is 0 Å². The van der Waals surface area contributed by atoms with E-state index in [1.54, 1.807) is 37.4 Å². The molecule has 3 rings (SSSR count). The molecule has 0 aliphatic heterocycles. The van der Waals surface area contributed by atoms with Crippen molar-refractivity contribution in [3.63, 3.8) is 0 Å². The molecule has 0 fully saturated rings. The van der Waals surface area contributed by atoms with Crippen LogP contribution in [0, 0.1) is 17.0 Å². The second kappa shape index (κ2) is 11.3. The molecule has 0 aliphatic rings. The molecule has 0 aliphatic carbocycles. The molecule has 1 heterocycles. The first-order chi connectivity index (χ1) is 17.0. The highest BCUT2D eigenvalue weighted by Gasteiger charge is 2.26. The number of carbonyl (C=O) groups is 1. The van der Waals surface area contributed by atoms with Crippen LogP contribution < -0.4 is 4.74 Å². The number of sulfone groups is 1. The monoisotopic (exact) mass is 516 g/mol. The number of aromatic nitrogens is 1. The lowest BCUT2D eigenvalue weighted by Crippen LogP contribution is -2.13. The lowest BCUT2D eigenvalue weighted by Gasteiger charge is -2.15.